The Morgan fingerprint density at radius 3 is 2.30 bits per heavy atom. The zero-order valence-corrected chi connectivity index (χ0v) is 13.0. The van der Waals surface area contributed by atoms with E-state index in [0.717, 1.165) is 16.7 Å². The van der Waals surface area contributed by atoms with Gasteiger partial charge in [-0.05, 0) is 42.3 Å². The van der Waals surface area contributed by atoms with Crippen molar-refractivity contribution in [1.29, 1.82) is 5.26 Å². The van der Waals surface area contributed by atoms with Gasteiger partial charge in [0.15, 0.2) is 5.78 Å². The molecule has 3 nitrogen and oxygen atoms in total. The number of Topliss-reactive ketones (excluding diaryl/α,β-unsaturated/α-hetero) is 2. The molecule has 0 aliphatic rings. The summed E-state index contributed by atoms with van der Waals surface area (Å²) in [5.41, 5.74) is 3.83. The van der Waals surface area contributed by atoms with Crippen LogP contribution in [0.15, 0.2) is 42.5 Å². The molecule has 0 saturated heterocycles. The number of carbonyl (C=O) groups is 2. The Morgan fingerprint density at radius 2 is 1.70 bits per heavy atom. The molecule has 0 saturated carbocycles. The van der Waals surface area contributed by atoms with Gasteiger partial charge in [-0.15, -0.1) is 0 Å². The van der Waals surface area contributed by atoms with Crippen molar-refractivity contribution in [3.8, 4) is 17.9 Å². The Kier molecular flexibility index (Phi) is 5.07. The Morgan fingerprint density at radius 1 is 1.00 bits per heavy atom. The van der Waals surface area contributed by atoms with Crippen molar-refractivity contribution in [2.45, 2.75) is 20.3 Å². The molecular weight excluding hydrogens is 286 g/mol. The number of hydrogen-bond acceptors (Lipinski definition) is 3. The number of carbonyl (C=O) groups excluding carboxylic acids is 2. The van der Waals surface area contributed by atoms with Gasteiger partial charge in [0.25, 0.3) is 0 Å². The number of rotatable bonds is 3. The predicted octanol–water partition coefficient (Wildman–Crippen LogP) is 2.97. The van der Waals surface area contributed by atoms with E-state index in [0.29, 0.717) is 11.1 Å². The zero-order chi connectivity index (χ0) is 16.8. The van der Waals surface area contributed by atoms with Crippen molar-refractivity contribution in [1.82, 2.24) is 0 Å². The largest absolute Gasteiger partial charge is 0.291 e. The van der Waals surface area contributed by atoms with Crippen molar-refractivity contribution >= 4 is 11.6 Å². The van der Waals surface area contributed by atoms with Gasteiger partial charge < -0.3 is 0 Å². The third-order valence-corrected chi connectivity index (χ3v) is 3.35. The maximum Gasteiger partial charge on any atom is 0.202 e. The summed E-state index contributed by atoms with van der Waals surface area (Å²) in [6, 6.07) is 14.9. The molecule has 0 atom stereocenters. The van der Waals surface area contributed by atoms with E-state index in [1.54, 1.807) is 30.3 Å². The van der Waals surface area contributed by atoms with Crippen LogP contribution in [0, 0.1) is 30.1 Å². The number of benzene rings is 2. The molecule has 0 fully saturated rings. The second-order valence-electron chi connectivity index (χ2n) is 5.26. The summed E-state index contributed by atoms with van der Waals surface area (Å²) in [4.78, 5) is 22.4. The Labute approximate surface area is 135 Å². The molecule has 23 heavy (non-hydrogen) atoms. The molecule has 0 unspecified atom stereocenters. The van der Waals surface area contributed by atoms with E-state index < -0.39 is 11.6 Å². The first-order valence-electron chi connectivity index (χ1n) is 7.15. The molecule has 2 rings (SSSR count). The molecular formula is C20H15NO2. The maximum atomic E-state index is 11.4. The average molecular weight is 301 g/mol. The number of nitrogens with zero attached hydrogens (tertiary/aromatic N) is 1. The fourth-order valence-corrected chi connectivity index (χ4v) is 2.01. The SMILES string of the molecule is CC(=O)C(=O)Cc1ccc(C#Cc2ccc(C)cc2C#N)cc1. The fourth-order valence-electron chi connectivity index (χ4n) is 2.01. The molecule has 112 valence electrons. The lowest BCUT2D eigenvalue weighted by Crippen LogP contribution is -2.12. The molecule has 0 bridgehead atoms. The van der Waals surface area contributed by atoms with E-state index in [4.69, 9.17) is 5.26 Å². The van der Waals surface area contributed by atoms with Crippen molar-refractivity contribution in [2.75, 3.05) is 0 Å². The topological polar surface area (TPSA) is 57.9 Å². The molecule has 0 heterocycles. The summed E-state index contributed by atoms with van der Waals surface area (Å²) < 4.78 is 0. The lowest BCUT2D eigenvalue weighted by molar-refractivity contribution is -0.134. The van der Waals surface area contributed by atoms with Crippen molar-refractivity contribution in [2.24, 2.45) is 0 Å². The quantitative estimate of drug-likeness (QED) is 0.647. The van der Waals surface area contributed by atoms with E-state index >= 15 is 0 Å². The minimum absolute atomic E-state index is 0.111. The molecule has 0 aliphatic heterocycles. The Hall–Kier alpha value is -3.17. The molecule has 2 aromatic rings. The van der Waals surface area contributed by atoms with Crippen LogP contribution < -0.4 is 0 Å². The highest BCUT2D eigenvalue weighted by Gasteiger charge is 2.08. The first kappa shape index (κ1) is 16.2. The summed E-state index contributed by atoms with van der Waals surface area (Å²) >= 11 is 0. The van der Waals surface area contributed by atoms with Crippen molar-refractivity contribution < 1.29 is 9.59 Å². The van der Waals surface area contributed by atoms with Crippen LogP contribution in [-0.4, -0.2) is 11.6 Å². The van der Waals surface area contributed by atoms with Gasteiger partial charge in [-0.2, -0.15) is 5.26 Å². The van der Waals surface area contributed by atoms with Crippen LogP contribution in [0.2, 0.25) is 0 Å². The van der Waals surface area contributed by atoms with Gasteiger partial charge in [-0.3, -0.25) is 9.59 Å². The van der Waals surface area contributed by atoms with Crippen LogP contribution in [0.5, 0.6) is 0 Å². The fraction of sp³-hybridized carbons (Fsp3) is 0.150. The van der Waals surface area contributed by atoms with E-state index in [1.165, 1.54) is 6.92 Å². The van der Waals surface area contributed by atoms with Gasteiger partial charge in [0.2, 0.25) is 5.78 Å². The van der Waals surface area contributed by atoms with Crippen LogP contribution in [0.3, 0.4) is 0 Å². The van der Waals surface area contributed by atoms with Gasteiger partial charge in [0.1, 0.15) is 6.07 Å². The highest BCUT2D eigenvalue weighted by atomic mass is 16.2. The van der Waals surface area contributed by atoms with Gasteiger partial charge in [0, 0.05) is 24.5 Å². The van der Waals surface area contributed by atoms with Crippen LogP contribution >= 0.6 is 0 Å². The minimum Gasteiger partial charge on any atom is -0.291 e. The van der Waals surface area contributed by atoms with Gasteiger partial charge >= 0.3 is 0 Å². The van der Waals surface area contributed by atoms with Gasteiger partial charge in [-0.1, -0.05) is 30.0 Å². The third-order valence-electron chi connectivity index (χ3n) is 3.35. The molecule has 0 spiro atoms. The standard InChI is InChI=1S/C20H15NO2/c1-14-3-9-18(19(11-14)13-21)10-8-16-4-6-17(7-5-16)12-20(23)15(2)22/h3-7,9,11H,12H2,1-2H3. The lowest BCUT2D eigenvalue weighted by atomic mass is 10.0. The number of aryl methyl sites for hydroxylation is 1. The smallest absolute Gasteiger partial charge is 0.202 e. The van der Waals surface area contributed by atoms with Crippen LogP contribution in [-0.2, 0) is 16.0 Å². The highest BCUT2D eigenvalue weighted by molar-refractivity contribution is 6.36. The summed E-state index contributed by atoms with van der Waals surface area (Å²) in [7, 11) is 0. The zero-order valence-electron chi connectivity index (χ0n) is 13.0. The third kappa shape index (κ3) is 4.40. The lowest BCUT2D eigenvalue weighted by Gasteiger charge is -1.99. The summed E-state index contributed by atoms with van der Waals surface area (Å²) in [5, 5.41) is 9.13. The molecule has 2 aromatic carbocycles. The molecule has 0 N–H and O–H groups in total. The minimum atomic E-state index is -0.433. The molecule has 0 aromatic heterocycles. The molecule has 0 radical (unpaired) electrons. The van der Waals surface area contributed by atoms with E-state index in [9.17, 15) is 9.59 Å². The van der Waals surface area contributed by atoms with Crippen molar-refractivity contribution in [3.63, 3.8) is 0 Å². The number of ketones is 2. The van der Waals surface area contributed by atoms with Crippen LogP contribution in [0.4, 0.5) is 0 Å². The summed E-state index contributed by atoms with van der Waals surface area (Å²) in [6.07, 6.45) is 0.111. The predicted molar refractivity (Wildman–Crippen MR) is 87.7 cm³/mol. The van der Waals surface area contributed by atoms with E-state index in [1.807, 2.05) is 19.1 Å². The molecule has 0 aliphatic carbocycles. The van der Waals surface area contributed by atoms with E-state index in [2.05, 4.69) is 17.9 Å². The highest BCUT2D eigenvalue weighted by Crippen LogP contribution is 2.10. The second kappa shape index (κ2) is 7.20. The molecule has 3 heteroatoms. The Balaban J connectivity index is 2.18. The molecule has 0 amide bonds. The maximum absolute atomic E-state index is 11.4. The first-order chi connectivity index (χ1) is 11.0. The second-order valence-corrected chi connectivity index (χ2v) is 5.26. The van der Waals surface area contributed by atoms with Gasteiger partial charge in [-0.25, -0.2) is 0 Å². The van der Waals surface area contributed by atoms with E-state index in [-0.39, 0.29) is 6.42 Å². The summed E-state index contributed by atoms with van der Waals surface area (Å²) in [6.45, 7) is 3.20. The normalized spacial score (nSPS) is 9.43. The number of hydrogen-bond donors (Lipinski definition) is 0. The Bertz CT molecular complexity index is 859. The number of nitriles is 1. The summed E-state index contributed by atoms with van der Waals surface area (Å²) in [5.74, 6) is 5.16. The first-order valence-corrected chi connectivity index (χ1v) is 7.15. The van der Waals surface area contributed by atoms with Crippen LogP contribution in [0.25, 0.3) is 0 Å². The van der Waals surface area contributed by atoms with Crippen LogP contribution in [0.1, 0.15) is 34.7 Å². The van der Waals surface area contributed by atoms with Crippen molar-refractivity contribution in [3.05, 3.63) is 70.3 Å². The monoisotopic (exact) mass is 301 g/mol. The average Bonchev–Trinajstić information content (AvgIpc) is 2.54. The van der Waals surface area contributed by atoms with Gasteiger partial charge in [0.05, 0.1) is 5.56 Å².